The third kappa shape index (κ3) is 1.85. The van der Waals surface area contributed by atoms with E-state index in [1.807, 2.05) is 6.07 Å². The Bertz CT molecular complexity index is 468. The number of nitrogens with zero attached hydrogens (tertiary/aromatic N) is 2. The first-order valence-corrected chi connectivity index (χ1v) is 8.06. The molecule has 0 atom stereocenters. The highest BCUT2D eigenvalue weighted by Gasteiger charge is 2.53. The van der Waals surface area contributed by atoms with Crippen molar-refractivity contribution in [2.24, 2.45) is 23.6 Å². The molecule has 5 rings (SSSR count). The van der Waals surface area contributed by atoms with Crippen molar-refractivity contribution in [2.45, 2.75) is 57.3 Å². The third-order valence-corrected chi connectivity index (χ3v) is 5.80. The van der Waals surface area contributed by atoms with Crippen LogP contribution in [0.4, 0.5) is 5.82 Å². The van der Waals surface area contributed by atoms with Crippen LogP contribution in [-0.2, 0) is 11.8 Å². The number of rotatable bonds is 3. The van der Waals surface area contributed by atoms with Crippen LogP contribution in [-0.4, -0.2) is 9.97 Å². The molecule has 1 heterocycles. The lowest BCUT2D eigenvalue weighted by Crippen LogP contribution is -2.49. The Morgan fingerprint density at radius 2 is 1.75 bits per heavy atom. The molecule has 0 amide bonds. The van der Waals surface area contributed by atoms with Crippen molar-refractivity contribution in [3.05, 3.63) is 17.6 Å². The smallest absolute Gasteiger partial charge is 0.143 e. The molecule has 0 aromatic carbocycles. The topological polar surface area (TPSA) is 63.8 Å². The van der Waals surface area contributed by atoms with Crippen LogP contribution in [0.3, 0.4) is 0 Å². The van der Waals surface area contributed by atoms with Crippen LogP contribution in [0.15, 0.2) is 6.07 Å². The summed E-state index contributed by atoms with van der Waals surface area (Å²) in [6.45, 7) is 2.14. The monoisotopic (exact) mass is 272 g/mol. The highest BCUT2D eigenvalue weighted by atomic mass is 15.3. The molecule has 1 aromatic rings. The number of nitrogens with two attached hydrogens (primary N) is 1. The van der Waals surface area contributed by atoms with Crippen LogP contribution in [0.2, 0.25) is 0 Å². The number of nitrogens with one attached hydrogen (secondary N) is 1. The van der Waals surface area contributed by atoms with Crippen molar-refractivity contribution < 1.29 is 0 Å². The second-order valence-electron chi connectivity index (χ2n) is 7.26. The molecule has 4 nitrogen and oxygen atoms in total. The van der Waals surface area contributed by atoms with E-state index in [2.05, 4.69) is 12.3 Å². The second-order valence-corrected chi connectivity index (χ2v) is 7.26. The average molecular weight is 272 g/mol. The van der Waals surface area contributed by atoms with Gasteiger partial charge in [0.25, 0.3) is 0 Å². The fourth-order valence-corrected chi connectivity index (χ4v) is 5.37. The van der Waals surface area contributed by atoms with E-state index in [0.29, 0.717) is 0 Å². The normalized spacial score (nSPS) is 38.2. The molecule has 1 aromatic heterocycles. The minimum Gasteiger partial charge on any atom is -0.308 e. The van der Waals surface area contributed by atoms with E-state index in [1.54, 1.807) is 0 Å². The summed E-state index contributed by atoms with van der Waals surface area (Å²) in [6, 6.07) is 1.98. The van der Waals surface area contributed by atoms with Gasteiger partial charge in [0.1, 0.15) is 11.6 Å². The summed E-state index contributed by atoms with van der Waals surface area (Å²) in [6.07, 6.45) is 9.21. The van der Waals surface area contributed by atoms with Crippen LogP contribution in [0.25, 0.3) is 0 Å². The highest BCUT2D eigenvalue weighted by molar-refractivity contribution is 5.36. The van der Waals surface area contributed by atoms with Crippen LogP contribution in [0.5, 0.6) is 0 Å². The molecule has 4 bridgehead atoms. The summed E-state index contributed by atoms with van der Waals surface area (Å²) >= 11 is 0. The lowest BCUT2D eigenvalue weighted by molar-refractivity contribution is -0.00942. The van der Waals surface area contributed by atoms with Gasteiger partial charge in [-0.05, 0) is 62.7 Å². The Kier molecular flexibility index (Phi) is 2.78. The lowest BCUT2D eigenvalue weighted by atomic mass is 9.49. The first kappa shape index (κ1) is 12.6. The van der Waals surface area contributed by atoms with Crippen molar-refractivity contribution in [3.8, 4) is 0 Å². The zero-order valence-corrected chi connectivity index (χ0v) is 12.2. The number of hydrogen-bond donors (Lipinski definition) is 2. The minimum atomic E-state index is 0.255. The number of hydrazine groups is 1. The molecule has 0 aliphatic heterocycles. The Labute approximate surface area is 120 Å². The largest absolute Gasteiger partial charge is 0.308 e. The summed E-state index contributed by atoms with van der Waals surface area (Å²) in [4.78, 5) is 9.63. The van der Waals surface area contributed by atoms with Gasteiger partial charge in [-0.2, -0.15) is 0 Å². The van der Waals surface area contributed by atoms with Crippen molar-refractivity contribution in [2.75, 3.05) is 5.43 Å². The molecule has 4 saturated carbocycles. The first-order chi connectivity index (χ1) is 9.70. The van der Waals surface area contributed by atoms with Gasteiger partial charge in [0.05, 0.1) is 0 Å². The lowest BCUT2D eigenvalue weighted by Gasteiger charge is -2.56. The van der Waals surface area contributed by atoms with E-state index < -0.39 is 0 Å². The van der Waals surface area contributed by atoms with Gasteiger partial charge >= 0.3 is 0 Å². The van der Waals surface area contributed by atoms with Gasteiger partial charge < -0.3 is 5.43 Å². The summed E-state index contributed by atoms with van der Waals surface area (Å²) in [5, 5.41) is 0. The first-order valence-electron chi connectivity index (χ1n) is 8.06. The maximum atomic E-state index is 5.59. The standard InChI is InChI=1S/C16H24N4/c1-2-13-6-14(20-17)19-15(18-13)16-7-10-3-11(8-16)5-12(4-10)9-16/h6,10-12H,2-5,7-9,17H2,1H3,(H,18,19,20). The zero-order chi connectivity index (χ0) is 13.7. The molecular weight excluding hydrogens is 248 g/mol. The number of hydrogen-bond acceptors (Lipinski definition) is 4. The second kappa shape index (κ2) is 4.42. The molecule has 4 fully saturated rings. The fraction of sp³-hybridized carbons (Fsp3) is 0.750. The van der Waals surface area contributed by atoms with E-state index >= 15 is 0 Å². The van der Waals surface area contributed by atoms with Gasteiger partial charge in [0.15, 0.2) is 0 Å². The summed E-state index contributed by atoms with van der Waals surface area (Å²) in [5.41, 5.74) is 4.09. The summed E-state index contributed by atoms with van der Waals surface area (Å²) in [7, 11) is 0. The van der Waals surface area contributed by atoms with Crippen LogP contribution >= 0.6 is 0 Å². The van der Waals surface area contributed by atoms with E-state index in [9.17, 15) is 0 Å². The van der Waals surface area contributed by atoms with Gasteiger partial charge in [-0.25, -0.2) is 15.8 Å². The number of aromatic nitrogens is 2. The molecule has 20 heavy (non-hydrogen) atoms. The van der Waals surface area contributed by atoms with Crippen molar-refractivity contribution in [1.82, 2.24) is 9.97 Å². The molecule has 108 valence electrons. The van der Waals surface area contributed by atoms with Crippen molar-refractivity contribution >= 4 is 5.82 Å². The molecule has 0 spiro atoms. The number of anilines is 1. The quantitative estimate of drug-likeness (QED) is 0.656. The highest BCUT2D eigenvalue weighted by Crippen LogP contribution is 2.60. The van der Waals surface area contributed by atoms with Crippen LogP contribution in [0, 0.1) is 17.8 Å². The fourth-order valence-electron chi connectivity index (χ4n) is 5.37. The predicted octanol–water partition coefficient (Wildman–Crippen LogP) is 2.79. The Morgan fingerprint density at radius 1 is 1.15 bits per heavy atom. The van der Waals surface area contributed by atoms with E-state index in [1.165, 1.54) is 38.5 Å². The van der Waals surface area contributed by atoms with E-state index in [0.717, 1.165) is 41.5 Å². The predicted molar refractivity (Wildman–Crippen MR) is 79.1 cm³/mol. The third-order valence-electron chi connectivity index (χ3n) is 5.80. The molecule has 0 unspecified atom stereocenters. The van der Waals surface area contributed by atoms with Crippen molar-refractivity contribution in [1.29, 1.82) is 0 Å². The van der Waals surface area contributed by atoms with Crippen molar-refractivity contribution in [3.63, 3.8) is 0 Å². The van der Waals surface area contributed by atoms with E-state index in [-0.39, 0.29) is 5.41 Å². The van der Waals surface area contributed by atoms with Gasteiger partial charge in [0, 0.05) is 17.2 Å². The SMILES string of the molecule is CCc1cc(NN)nc(C23CC4CC(CC(C4)C2)C3)n1. The molecule has 4 heteroatoms. The Morgan fingerprint density at radius 3 is 2.25 bits per heavy atom. The maximum absolute atomic E-state index is 5.59. The van der Waals surface area contributed by atoms with Crippen LogP contribution < -0.4 is 11.3 Å². The van der Waals surface area contributed by atoms with Crippen LogP contribution in [0.1, 0.15) is 57.0 Å². The van der Waals surface area contributed by atoms with Gasteiger partial charge in [-0.15, -0.1) is 0 Å². The average Bonchev–Trinajstić information content (AvgIpc) is 2.45. The summed E-state index contributed by atoms with van der Waals surface area (Å²) in [5.74, 6) is 10.2. The van der Waals surface area contributed by atoms with E-state index in [4.69, 9.17) is 15.8 Å². The molecule has 3 N–H and O–H groups in total. The minimum absolute atomic E-state index is 0.255. The Hall–Kier alpha value is -1.16. The summed E-state index contributed by atoms with van der Waals surface area (Å²) < 4.78 is 0. The molecule has 4 aliphatic rings. The molecular formula is C16H24N4. The number of nitrogen functional groups attached to an aromatic ring is 1. The molecule has 0 saturated heterocycles. The van der Waals surface area contributed by atoms with Gasteiger partial charge in [0.2, 0.25) is 0 Å². The molecule has 0 radical (unpaired) electrons. The Balaban J connectivity index is 1.76. The number of aryl methyl sites for hydroxylation is 1. The zero-order valence-electron chi connectivity index (χ0n) is 12.2. The van der Waals surface area contributed by atoms with Gasteiger partial charge in [-0.1, -0.05) is 6.92 Å². The molecule has 4 aliphatic carbocycles. The maximum Gasteiger partial charge on any atom is 0.143 e. The van der Waals surface area contributed by atoms with Gasteiger partial charge in [-0.3, -0.25) is 0 Å².